The average Bonchev–Trinajstić information content (AvgIpc) is 3.34. The largest absolute Gasteiger partial charge is 0.457 e. The highest BCUT2D eigenvalue weighted by Gasteiger charge is 2.41. The highest BCUT2D eigenvalue weighted by atomic mass is 32.1. The third-order valence-electron chi connectivity index (χ3n) is 5.98. The summed E-state index contributed by atoms with van der Waals surface area (Å²) in [5.74, 6) is 1.60. The van der Waals surface area contributed by atoms with Gasteiger partial charge in [0.05, 0.1) is 17.8 Å². The summed E-state index contributed by atoms with van der Waals surface area (Å²) >= 11 is 5.82. The number of aromatic nitrogens is 2. The van der Waals surface area contributed by atoms with E-state index in [1.165, 1.54) is 11.1 Å². The van der Waals surface area contributed by atoms with Crippen LogP contribution in [-0.4, -0.2) is 15.1 Å². The number of thiocarbonyl (C=S) groups is 1. The Morgan fingerprint density at radius 2 is 1.61 bits per heavy atom. The van der Waals surface area contributed by atoms with Gasteiger partial charge in [0, 0.05) is 23.3 Å². The fourth-order valence-electron chi connectivity index (χ4n) is 4.42. The Kier molecular flexibility index (Phi) is 5.60. The average molecular weight is 455 g/mol. The number of benzene rings is 2. The van der Waals surface area contributed by atoms with Gasteiger partial charge in [0.1, 0.15) is 11.5 Å². The lowest BCUT2D eigenvalue weighted by Gasteiger charge is -2.28. The van der Waals surface area contributed by atoms with Gasteiger partial charge in [0.15, 0.2) is 5.11 Å². The summed E-state index contributed by atoms with van der Waals surface area (Å²) in [6, 6.07) is 24.2. The van der Waals surface area contributed by atoms with Crippen molar-refractivity contribution < 1.29 is 4.74 Å². The molecule has 0 bridgehead atoms. The molecule has 1 fully saturated rings. The van der Waals surface area contributed by atoms with Gasteiger partial charge in [-0.05, 0) is 93.1 Å². The lowest BCUT2D eigenvalue weighted by atomic mass is 9.96. The molecule has 33 heavy (non-hydrogen) atoms. The maximum absolute atomic E-state index is 6.02. The van der Waals surface area contributed by atoms with E-state index in [0.717, 1.165) is 34.3 Å². The van der Waals surface area contributed by atoms with Gasteiger partial charge in [0.25, 0.3) is 0 Å². The van der Waals surface area contributed by atoms with Crippen LogP contribution in [0.3, 0.4) is 0 Å². The molecule has 0 amide bonds. The normalized spacial score (nSPS) is 17.8. The zero-order chi connectivity index (χ0) is 22.9. The van der Waals surface area contributed by atoms with E-state index >= 15 is 0 Å². The first-order chi connectivity index (χ1) is 16.0. The SMILES string of the molecule is Cc1ccc(Oc2ccc(N3C(=S)N[C@@H](c4ccccn4)[C@H]3c3cc(C)[nH]c3C)cc2)cc1. The predicted octanol–water partition coefficient (Wildman–Crippen LogP) is 6.30. The van der Waals surface area contributed by atoms with Crippen LogP contribution in [0.2, 0.25) is 0 Å². The van der Waals surface area contributed by atoms with Crippen LogP contribution >= 0.6 is 12.2 Å². The molecular formula is C27H26N4OS. The first-order valence-corrected chi connectivity index (χ1v) is 11.4. The molecule has 4 aromatic rings. The van der Waals surface area contributed by atoms with Crippen molar-refractivity contribution in [2.75, 3.05) is 4.90 Å². The van der Waals surface area contributed by atoms with Gasteiger partial charge in [-0.1, -0.05) is 23.8 Å². The fraction of sp³-hybridized carbons (Fsp3) is 0.185. The Hall–Kier alpha value is -3.64. The number of nitrogens with zero attached hydrogens (tertiary/aromatic N) is 2. The van der Waals surface area contributed by atoms with Crippen molar-refractivity contribution >= 4 is 23.0 Å². The number of hydrogen-bond donors (Lipinski definition) is 2. The minimum Gasteiger partial charge on any atom is -0.457 e. The van der Waals surface area contributed by atoms with E-state index in [4.69, 9.17) is 17.0 Å². The number of H-pyrrole nitrogens is 1. The van der Waals surface area contributed by atoms with Crippen molar-refractivity contribution in [2.45, 2.75) is 32.9 Å². The molecule has 5 nitrogen and oxygen atoms in total. The summed E-state index contributed by atoms with van der Waals surface area (Å²) in [5, 5.41) is 4.19. The molecular weight excluding hydrogens is 428 g/mol. The number of rotatable bonds is 5. The van der Waals surface area contributed by atoms with E-state index in [-0.39, 0.29) is 12.1 Å². The highest BCUT2D eigenvalue weighted by Crippen LogP contribution is 2.43. The molecule has 5 rings (SSSR count). The maximum atomic E-state index is 6.02. The van der Waals surface area contributed by atoms with Gasteiger partial charge >= 0.3 is 0 Å². The molecule has 3 heterocycles. The zero-order valence-electron chi connectivity index (χ0n) is 18.9. The highest BCUT2D eigenvalue weighted by molar-refractivity contribution is 7.80. The van der Waals surface area contributed by atoms with Crippen LogP contribution in [-0.2, 0) is 0 Å². The Morgan fingerprint density at radius 1 is 0.909 bits per heavy atom. The van der Waals surface area contributed by atoms with Gasteiger partial charge in [-0.2, -0.15) is 0 Å². The molecule has 1 aliphatic heterocycles. The van der Waals surface area contributed by atoms with Crippen LogP contribution in [0, 0.1) is 20.8 Å². The van der Waals surface area contributed by atoms with E-state index in [0.29, 0.717) is 5.11 Å². The zero-order valence-corrected chi connectivity index (χ0v) is 19.7. The number of aromatic amines is 1. The first-order valence-electron chi connectivity index (χ1n) is 11.0. The monoisotopic (exact) mass is 454 g/mol. The summed E-state index contributed by atoms with van der Waals surface area (Å²) in [4.78, 5) is 10.2. The van der Waals surface area contributed by atoms with Crippen molar-refractivity contribution in [3.63, 3.8) is 0 Å². The van der Waals surface area contributed by atoms with Crippen LogP contribution in [0.15, 0.2) is 79.0 Å². The van der Waals surface area contributed by atoms with Gasteiger partial charge in [-0.25, -0.2) is 0 Å². The molecule has 0 radical (unpaired) electrons. The van der Waals surface area contributed by atoms with E-state index in [1.807, 2.05) is 60.8 Å². The topological polar surface area (TPSA) is 53.2 Å². The minimum atomic E-state index is -0.0592. The number of anilines is 1. The van der Waals surface area contributed by atoms with Crippen molar-refractivity contribution in [1.29, 1.82) is 0 Å². The van der Waals surface area contributed by atoms with E-state index in [2.05, 4.69) is 59.2 Å². The quantitative estimate of drug-likeness (QED) is 0.346. The number of hydrogen-bond acceptors (Lipinski definition) is 3. The molecule has 166 valence electrons. The van der Waals surface area contributed by atoms with Crippen LogP contribution in [0.4, 0.5) is 5.69 Å². The molecule has 1 aliphatic rings. The van der Waals surface area contributed by atoms with Gasteiger partial charge in [0.2, 0.25) is 0 Å². The molecule has 2 atom stereocenters. The summed E-state index contributed by atoms with van der Waals surface area (Å²) in [7, 11) is 0. The molecule has 0 aliphatic carbocycles. The van der Waals surface area contributed by atoms with Crippen molar-refractivity contribution in [2.24, 2.45) is 0 Å². The van der Waals surface area contributed by atoms with E-state index < -0.39 is 0 Å². The Bertz CT molecular complexity index is 1270. The van der Waals surface area contributed by atoms with E-state index in [1.54, 1.807) is 0 Å². The summed E-state index contributed by atoms with van der Waals surface area (Å²) in [6.45, 7) is 6.25. The second-order valence-electron chi connectivity index (χ2n) is 8.44. The summed E-state index contributed by atoms with van der Waals surface area (Å²) < 4.78 is 6.02. The molecule has 1 saturated heterocycles. The fourth-order valence-corrected chi connectivity index (χ4v) is 4.76. The van der Waals surface area contributed by atoms with Gasteiger partial charge in [-0.15, -0.1) is 0 Å². The lowest BCUT2D eigenvalue weighted by molar-refractivity contribution is 0.482. The molecule has 0 spiro atoms. The standard InChI is InChI=1S/C27H26N4OS/c1-17-7-11-21(12-8-17)32-22-13-9-20(10-14-22)31-26(23-16-18(2)29-19(23)3)25(30-27(31)33)24-6-4-5-15-28-24/h4-16,25-26,29H,1-3H3,(H,30,33)/t25-,26+/m0/s1. The van der Waals surface area contributed by atoms with Crippen molar-refractivity contribution in [3.05, 3.63) is 107 Å². The third-order valence-corrected chi connectivity index (χ3v) is 6.29. The molecule has 6 heteroatoms. The second-order valence-corrected chi connectivity index (χ2v) is 8.83. The van der Waals surface area contributed by atoms with Gasteiger partial charge < -0.3 is 19.9 Å². The van der Waals surface area contributed by atoms with Crippen molar-refractivity contribution in [3.8, 4) is 11.5 Å². The number of ether oxygens (including phenoxy) is 1. The molecule has 2 N–H and O–H groups in total. The van der Waals surface area contributed by atoms with E-state index in [9.17, 15) is 0 Å². The van der Waals surface area contributed by atoms with Crippen LogP contribution in [0.25, 0.3) is 0 Å². The minimum absolute atomic E-state index is 0.0267. The molecule has 2 aromatic heterocycles. The molecule has 0 unspecified atom stereocenters. The molecule has 0 saturated carbocycles. The predicted molar refractivity (Wildman–Crippen MR) is 136 cm³/mol. The van der Waals surface area contributed by atoms with Crippen LogP contribution in [0.1, 0.15) is 40.3 Å². The summed E-state index contributed by atoms with van der Waals surface area (Å²) in [5.41, 5.74) is 6.64. The lowest BCUT2D eigenvalue weighted by Crippen LogP contribution is -2.29. The maximum Gasteiger partial charge on any atom is 0.174 e. The number of nitrogens with one attached hydrogen (secondary N) is 2. The Balaban J connectivity index is 1.49. The summed E-state index contributed by atoms with van der Waals surface area (Å²) in [6.07, 6.45) is 1.83. The first kappa shape index (κ1) is 21.2. The van der Waals surface area contributed by atoms with Crippen LogP contribution in [0.5, 0.6) is 11.5 Å². The smallest absolute Gasteiger partial charge is 0.174 e. The number of pyridine rings is 1. The second kappa shape index (κ2) is 8.71. The Morgan fingerprint density at radius 3 is 2.21 bits per heavy atom. The Labute approximate surface area is 199 Å². The van der Waals surface area contributed by atoms with Crippen LogP contribution < -0.4 is 15.0 Å². The third kappa shape index (κ3) is 4.22. The van der Waals surface area contributed by atoms with Gasteiger partial charge in [-0.3, -0.25) is 4.98 Å². The van der Waals surface area contributed by atoms with Crippen molar-refractivity contribution in [1.82, 2.24) is 15.3 Å². The number of aryl methyl sites for hydroxylation is 3. The molecule has 2 aromatic carbocycles.